The first-order valence-corrected chi connectivity index (χ1v) is 6.82. The molecule has 0 radical (unpaired) electrons. The van der Waals surface area contributed by atoms with Crippen LogP contribution in [-0.2, 0) is 11.3 Å². The summed E-state index contributed by atoms with van der Waals surface area (Å²) in [5, 5.41) is 12.0. The minimum Gasteiger partial charge on any atom is -0.395 e. The van der Waals surface area contributed by atoms with Crippen molar-refractivity contribution in [1.82, 2.24) is 10.2 Å². The maximum absolute atomic E-state index is 11.9. The average Bonchev–Trinajstić information content (AvgIpc) is 2.39. The summed E-state index contributed by atoms with van der Waals surface area (Å²) in [6, 6.07) is 10.2. The topological polar surface area (TPSA) is 52.6 Å². The van der Waals surface area contributed by atoms with E-state index in [1.165, 1.54) is 0 Å². The van der Waals surface area contributed by atoms with Crippen LogP contribution in [0.2, 0.25) is 0 Å². The molecule has 4 heteroatoms. The molecule has 0 saturated carbocycles. The first kappa shape index (κ1) is 15.7. The second kappa shape index (κ2) is 8.67. The van der Waals surface area contributed by atoms with Crippen molar-refractivity contribution in [3.63, 3.8) is 0 Å². The summed E-state index contributed by atoms with van der Waals surface area (Å²) in [6.45, 7) is 5.59. The molecule has 0 heterocycles. The Morgan fingerprint density at radius 1 is 1.37 bits per heavy atom. The molecule has 4 nitrogen and oxygen atoms in total. The Morgan fingerprint density at radius 2 is 2.05 bits per heavy atom. The number of rotatable bonds is 8. The van der Waals surface area contributed by atoms with Gasteiger partial charge >= 0.3 is 0 Å². The normalized spacial score (nSPS) is 12.4. The average molecular weight is 264 g/mol. The third-order valence-corrected chi connectivity index (χ3v) is 3.05. The zero-order chi connectivity index (χ0) is 14.1. The summed E-state index contributed by atoms with van der Waals surface area (Å²) in [6.07, 6.45) is 0.921. The van der Waals surface area contributed by atoms with Gasteiger partial charge in [-0.25, -0.2) is 0 Å². The fraction of sp³-hybridized carbons (Fsp3) is 0.533. The van der Waals surface area contributed by atoms with Crippen LogP contribution in [0.25, 0.3) is 0 Å². The number of amides is 1. The lowest BCUT2D eigenvalue weighted by atomic mass is 10.2. The van der Waals surface area contributed by atoms with Crippen molar-refractivity contribution in [1.29, 1.82) is 0 Å². The van der Waals surface area contributed by atoms with Gasteiger partial charge in [0.25, 0.3) is 0 Å². The first-order valence-electron chi connectivity index (χ1n) is 6.82. The van der Waals surface area contributed by atoms with Gasteiger partial charge in [0.2, 0.25) is 5.91 Å². The van der Waals surface area contributed by atoms with E-state index in [-0.39, 0.29) is 18.6 Å². The molecule has 1 aromatic carbocycles. The van der Waals surface area contributed by atoms with Gasteiger partial charge in [0.15, 0.2) is 0 Å². The van der Waals surface area contributed by atoms with Gasteiger partial charge < -0.3 is 10.4 Å². The highest BCUT2D eigenvalue weighted by molar-refractivity contribution is 5.78. The van der Waals surface area contributed by atoms with E-state index in [2.05, 4.69) is 5.32 Å². The lowest BCUT2D eigenvalue weighted by Gasteiger charge is -2.22. The second-order valence-corrected chi connectivity index (χ2v) is 4.80. The molecule has 1 unspecified atom stereocenters. The van der Waals surface area contributed by atoms with Crippen LogP contribution < -0.4 is 5.32 Å². The molecule has 1 atom stereocenters. The zero-order valence-corrected chi connectivity index (χ0v) is 11.8. The molecule has 0 bridgehead atoms. The Balaban J connectivity index is 2.50. The van der Waals surface area contributed by atoms with Gasteiger partial charge in [-0.15, -0.1) is 0 Å². The van der Waals surface area contributed by atoms with Crippen LogP contribution in [0.5, 0.6) is 0 Å². The zero-order valence-electron chi connectivity index (χ0n) is 11.8. The van der Waals surface area contributed by atoms with Gasteiger partial charge in [0.05, 0.1) is 13.2 Å². The van der Waals surface area contributed by atoms with Crippen molar-refractivity contribution in [2.75, 3.05) is 19.7 Å². The Kier molecular flexibility index (Phi) is 7.15. The quantitative estimate of drug-likeness (QED) is 0.746. The minimum absolute atomic E-state index is 0.0127. The Morgan fingerprint density at radius 3 is 2.63 bits per heavy atom. The summed E-state index contributed by atoms with van der Waals surface area (Å²) in [5.74, 6) is 0.0127. The van der Waals surface area contributed by atoms with Crippen molar-refractivity contribution in [3.8, 4) is 0 Å². The molecule has 0 saturated heterocycles. The van der Waals surface area contributed by atoms with Crippen LogP contribution in [0.1, 0.15) is 25.8 Å². The fourth-order valence-electron chi connectivity index (χ4n) is 1.82. The molecule has 106 valence electrons. The predicted molar refractivity (Wildman–Crippen MR) is 76.7 cm³/mol. The van der Waals surface area contributed by atoms with Crippen molar-refractivity contribution in [2.24, 2.45) is 0 Å². The highest BCUT2D eigenvalue weighted by Crippen LogP contribution is 2.04. The molecule has 0 spiro atoms. The summed E-state index contributed by atoms with van der Waals surface area (Å²) in [7, 11) is 0. The summed E-state index contributed by atoms with van der Waals surface area (Å²) < 4.78 is 0. The van der Waals surface area contributed by atoms with E-state index >= 15 is 0 Å². The summed E-state index contributed by atoms with van der Waals surface area (Å²) >= 11 is 0. The SMILES string of the molecule is CCC(C)NC(=O)CN(CCO)Cc1ccccc1. The van der Waals surface area contributed by atoms with E-state index < -0.39 is 0 Å². The van der Waals surface area contributed by atoms with Crippen LogP contribution in [0.3, 0.4) is 0 Å². The monoisotopic (exact) mass is 264 g/mol. The van der Waals surface area contributed by atoms with Crippen LogP contribution in [0, 0.1) is 0 Å². The van der Waals surface area contributed by atoms with Gasteiger partial charge in [-0.05, 0) is 18.9 Å². The van der Waals surface area contributed by atoms with Crippen LogP contribution in [-0.4, -0.2) is 41.7 Å². The molecule has 0 aliphatic rings. The van der Waals surface area contributed by atoms with Crippen molar-refractivity contribution in [3.05, 3.63) is 35.9 Å². The van der Waals surface area contributed by atoms with E-state index in [4.69, 9.17) is 5.11 Å². The van der Waals surface area contributed by atoms with Crippen molar-refractivity contribution in [2.45, 2.75) is 32.9 Å². The third kappa shape index (κ3) is 6.36. The number of carbonyl (C=O) groups excluding carboxylic acids is 1. The van der Waals surface area contributed by atoms with Gasteiger partial charge in [0, 0.05) is 19.1 Å². The molecule has 0 fully saturated rings. The van der Waals surface area contributed by atoms with E-state index in [1.807, 2.05) is 49.1 Å². The van der Waals surface area contributed by atoms with Gasteiger partial charge in [0.1, 0.15) is 0 Å². The van der Waals surface area contributed by atoms with E-state index in [9.17, 15) is 4.79 Å². The molecular weight excluding hydrogens is 240 g/mol. The van der Waals surface area contributed by atoms with Crippen LogP contribution >= 0.6 is 0 Å². The van der Waals surface area contributed by atoms with E-state index in [0.29, 0.717) is 19.6 Å². The highest BCUT2D eigenvalue weighted by Gasteiger charge is 2.12. The molecule has 0 aliphatic heterocycles. The Bertz CT molecular complexity index is 368. The Labute approximate surface area is 115 Å². The van der Waals surface area contributed by atoms with Crippen LogP contribution in [0.4, 0.5) is 0 Å². The van der Waals surface area contributed by atoms with Gasteiger partial charge in [-0.3, -0.25) is 9.69 Å². The number of carbonyl (C=O) groups is 1. The second-order valence-electron chi connectivity index (χ2n) is 4.80. The number of aliphatic hydroxyl groups is 1. The number of benzene rings is 1. The lowest BCUT2D eigenvalue weighted by Crippen LogP contribution is -2.41. The molecule has 1 aromatic rings. The van der Waals surface area contributed by atoms with E-state index in [1.54, 1.807) is 0 Å². The maximum Gasteiger partial charge on any atom is 0.234 e. The first-order chi connectivity index (χ1) is 9.15. The maximum atomic E-state index is 11.9. The number of hydrogen-bond acceptors (Lipinski definition) is 3. The van der Waals surface area contributed by atoms with Crippen LogP contribution in [0.15, 0.2) is 30.3 Å². The highest BCUT2D eigenvalue weighted by atomic mass is 16.3. The molecular formula is C15H24N2O2. The predicted octanol–water partition coefficient (Wildman–Crippen LogP) is 1.40. The number of aliphatic hydroxyl groups excluding tert-OH is 1. The molecule has 2 N–H and O–H groups in total. The minimum atomic E-state index is 0.0127. The van der Waals surface area contributed by atoms with E-state index in [0.717, 1.165) is 12.0 Å². The fourth-order valence-corrected chi connectivity index (χ4v) is 1.82. The molecule has 1 rings (SSSR count). The van der Waals surface area contributed by atoms with Crippen molar-refractivity contribution < 1.29 is 9.90 Å². The van der Waals surface area contributed by atoms with Crippen molar-refractivity contribution >= 4 is 5.91 Å². The van der Waals surface area contributed by atoms with Gasteiger partial charge in [-0.1, -0.05) is 37.3 Å². The number of nitrogens with one attached hydrogen (secondary N) is 1. The Hall–Kier alpha value is -1.39. The summed E-state index contributed by atoms with van der Waals surface area (Å²) in [4.78, 5) is 13.8. The molecule has 0 aliphatic carbocycles. The standard InChI is InChI=1S/C15H24N2O2/c1-3-13(2)16-15(19)12-17(9-10-18)11-14-7-5-4-6-8-14/h4-8,13,18H,3,9-12H2,1-2H3,(H,16,19). The molecule has 0 aromatic heterocycles. The smallest absolute Gasteiger partial charge is 0.234 e. The largest absolute Gasteiger partial charge is 0.395 e. The summed E-state index contributed by atoms with van der Waals surface area (Å²) in [5.41, 5.74) is 1.15. The number of nitrogens with zero attached hydrogens (tertiary/aromatic N) is 1. The molecule has 19 heavy (non-hydrogen) atoms. The van der Waals surface area contributed by atoms with Gasteiger partial charge in [-0.2, -0.15) is 0 Å². The number of hydrogen-bond donors (Lipinski definition) is 2. The third-order valence-electron chi connectivity index (χ3n) is 3.05. The lowest BCUT2D eigenvalue weighted by molar-refractivity contribution is -0.123. The molecule has 1 amide bonds.